The van der Waals surface area contributed by atoms with Crippen molar-refractivity contribution in [2.75, 3.05) is 18.6 Å². The first-order chi connectivity index (χ1) is 9.93. The van der Waals surface area contributed by atoms with E-state index in [0.717, 1.165) is 19.3 Å². The highest BCUT2D eigenvalue weighted by molar-refractivity contribution is 7.92. The molecular weight excluding hydrogens is 286 g/mol. The number of carbonyl (C=O) groups excluding carboxylic acids is 1. The Balaban J connectivity index is 2.01. The molecule has 0 aromatic heterocycles. The molecule has 1 aliphatic carbocycles. The predicted octanol–water partition coefficient (Wildman–Crippen LogP) is 1.83. The lowest BCUT2D eigenvalue weighted by Crippen LogP contribution is -2.43. The van der Waals surface area contributed by atoms with Gasteiger partial charge in [-0.15, -0.1) is 0 Å². The van der Waals surface area contributed by atoms with Gasteiger partial charge in [0.05, 0.1) is 5.75 Å². The van der Waals surface area contributed by atoms with E-state index in [2.05, 4.69) is 12.1 Å². The first-order valence-electron chi connectivity index (χ1n) is 7.46. The fourth-order valence-electron chi connectivity index (χ4n) is 2.89. The van der Waals surface area contributed by atoms with Gasteiger partial charge in [0.1, 0.15) is 5.75 Å². The second-order valence-electron chi connectivity index (χ2n) is 5.76. The zero-order valence-electron chi connectivity index (χ0n) is 12.7. The molecule has 1 amide bonds. The lowest BCUT2D eigenvalue weighted by molar-refractivity contribution is -0.129. The molecule has 0 radical (unpaired) electrons. The van der Waals surface area contributed by atoms with Gasteiger partial charge < -0.3 is 4.90 Å². The second-order valence-corrected chi connectivity index (χ2v) is 7.95. The number of carbonyl (C=O) groups is 1. The van der Waals surface area contributed by atoms with E-state index in [-0.39, 0.29) is 23.5 Å². The first kappa shape index (κ1) is 16.0. The zero-order valence-corrected chi connectivity index (χ0v) is 13.5. The maximum Gasteiger partial charge on any atom is 0.237 e. The van der Waals surface area contributed by atoms with Crippen LogP contribution in [0.15, 0.2) is 24.3 Å². The number of rotatable bonds is 5. The van der Waals surface area contributed by atoms with Gasteiger partial charge in [-0.2, -0.15) is 0 Å². The van der Waals surface area contributed by atoms with E-state index in [9.17, 15) is 13.2 Å². The average molecular weight is 309 g/mol. The molecule has 21 heavy (non-hydrogen) atoms. The number of amides is 1. The standard InChI is InChI=1S/C16H23NO3S/c1-3-10-21(19,20)12-16(18)17(2)15-9-8-13-6-4-5-7-14(13)11-15/h4-7,15H,3,8-12H2,1-2H3/t15-/m1/s1. The topological polar surface area (TPSA) is 54.5 Å². The van der Waals surface area contributed by atoms with Crippen LogP contribution in [0.5, 0.6) is 0 Å². The molecule has 0 saturated heterocycles. The third-order valence-corrected chi connectivity index (χ3v) is 5.84. The highest BCUT2D eigenvalue weighted by atomic mass is 32.2. The number of sulfone groups is 1. The van der Waals surface area contributed by atoms with Crippen LogP contribution in [0.2, 0.25) is 0 Å². The number of likely N-dealkylation sites (N-methyl/N-ethyl adjacent to an activating group) is 1. The summed E-state index contributed by atoms with van der Waals surface area (Å²) in [6.45, 7) is 1.81. The Labute approximate surface area is 127 Å². The van der Waals surface area contributed by atoms with E-state index in [1.54, 1.807) is 11.9 Å². The largest absolute Gasteiger partial charge is 0.342 e. The molecule has 0 N–H and O–H groups in total. The molecule has 0 spiro atoms. The van der Waals surface area contributed by atoms with Gasteiger partial charge in [0.15, 0.2) is 9.84 Å². The number of fused-ring (bicyclic) bond motifs is 1. The Morgan fingerprint density at radius 1 is 1.29 bits per heavy atom. The molecule has 4 nitrogen and oxygen atoms in total. The third-order valence-electron chi connectivity index (χ3n) is 4.12. The third kappa shape index (κ3) is 4.06. The number of aryl methyl sites for hydroxylation is 1. The summed E-state index contributed by atoms with van der Waals surface area (Å²) in [5, 5.41) is 0. The average Bonchev–Trinajstić information content (AvgIpc) is 2.45. The highest BCUT2D eigenvalue weighted by Crippen LogP contribution is 2.24. The molecular formula is C16H23NO3S. The van der Waals surface area contributed by atoms with Crippen LogP contribution in [0.3, 0.4) is 0 Å². The van der Waals surface area contributed by atoms with Crippen molar-refractivity contribution in [3.63, 3.8) is 0 Å². The van der Waals surface area contributed by atoms with Crippen molar-refractivity contribution < 1.29 is 13.2 Å². The highest BCUT2D eigenvalue weighted by Gasteiger charge is 2.27. The minimum atomic E-state index is -3.27. The van der Waals surface area contributed by atoms with Gasteiger partial charge in [-0.25, -0.2) is 8.42 Å². The van der Waals surface area contributed by atoms with E-state index in [1.165, 1.54) is 11.1 Å². The molecule has 1 aromatic rings. The maximum absolute atomic E-state index is 12.2. The summed E-state index contributed by atoms with van der Waals surface area (Å²) in [6, 6.07) is 8.36. The van der Waals surface area contributed by atoms with Crippen LogP contribution < -0.4 is 0 Å². The summed E-state index contributed by atoms with van der Waals surface area (Å²) in [6.07, 6.45) is 3.20. The summed E-state index contributed by atoms with van der Waals surface area (Å²) >= 11 is 0. The number of hydrogen-bond acceptors (Lipinski definition) is 3. The smallest absolute Gasteiger partial charge is 0.237 e. The molecule has 1 aromatic carbocycles. The summed E-state index contributed by atoms with van der Waals surface area (Å²) in [7, 11) is -1.54. The Bertz CT molecular complexity index is 610. The Morgan fingerprint density at radius 2 is 1.95 bits per heavy atom. The van der Waals surface area contributed by atoms with Gasteiger partial charge in [-0.3, -0.25) is 4.79 Å². The van der Waals surface area contributed by atoms with Crippen molar-refractivity contribution >= 4 is 15.7 Å². The van der Waals surface area contributed by atoms with E-state index in [4.69, 9.17) is 0 Å². The molecule has 1 aliphatic rings. The molecule has 2 rings (SSSR count). The number of benzene rings is 1. The summed E-state index contributed by atoms with van der Waals surface area (Å²) in [4.78, 5) is 13.8. The minimum Gasteiger partial charge on any atom is -0.342 e. The quantitative estimate of drug-likeness (QED) is 0.834. The monoisotopic (exact) mass is 309 g/mol. The van der Waals surface area contributed by atoms with Crippen LogP contribution in [-0.2, 0) is 27.5 Å². The molecule has 5 heteroatoms. The van der Waals surface area contributed by atoms with E-state index >= 15 is 0 Å². The van der Waals surface area contributed by atoms with Crippen LogP contribution in [0.25, 0.3) is 0 Å². The lowest BCUT2D eigenvalue weighted by Gasteiger charge is -2.32. The zero-order chi connectivity index (χ0) is 15.5. The molecule has 0 saturated carbocycles. The van der Waals surface area contributed by atoms with Gasteiger partial charge in [-0.1, -0.05) is 31.2 Å². The molecule has 0 heterocycles. The minimum absolute atomic E-state index is 0.0834. The first-order valence-corrected chi connectivity index (χ1v) is 9.28. The Kier molecular flexibility index (Phi) is 5.04. The van der Waals surface area contributed by atoms with Crippen molar-refractivity contribution in [3.8, 4) is 0 Å². The van der Waals surface area contributed by atoms with Crippen molar-refractivity contribution in [1.29, 1.82) is 0 Å². The predicted molar refractivity (Wildman–Crippen MR) is 84.0 cm³/mol. The Morgan fingerprint density at radius 3 is 2.62 bits per heavy atom. The van der Waals surface area contributed by atoms with E-state index in [0.29, 0.717) is 6.42 Å². The molecule has 0 fully saturated rings. The maximum atomic E-state index is 12.2. The van der Waals surface area contributed by atoms with E-state index in [1.807, 2.05) is 19.1 Å². The molecule has 0 unspecified atom stereocenters. The van der Waals surface area contributed by atoms with Crippen LogP contribution in [0.1, 0.15) is 30.9 Å². The fourth-order valence-corrected chi connectivity index (χ4v) is 4.23. The van der Waals surface area contributed by atoms with Crippen LogP contribution in [-0.4, -0.2) is 43.8 Å². The summed E-state index contributed by atoms with van der Waals surface area (Å²) in [5.74, 6) is -0.567. The summed E-state index contributed by atoms with van der Waals surface area (Å²) < 4.78 is 23.6. The fraction of sp³-hybridized carbons (Fsp3) is 0.562. The SMILES string of the molecule is CCCS(=O)(=O)CC(=O)N(C)[C@@H]1CCc2ccccc2C1. The molecule has 1 atom stereocenters. The number of nitrogens with zero attached hydrogens (tertiary/aromatic N) is 1. The van der Waals surface area contributed by atoms with Gasteiger partial charge in [0.2, 0.25) is 5.91 Å². The second kappa shape index (κ2) is 6.60. The van der Waals surface area contributed by atoms with Crippen molar-refractivity contribution in [1.82, 2.24) is 4.90 Å². The van der Waals surface area contributed by atoms with Crippen LogP contribution in [0, 0.1) is 0 Å². The molecule has 0 aliphatic heterocycles. The van der Waals surface area contributed by atoms with Crippen molar-refractivity contribution in [2.45, 2.75) is 38.6 Å². The van der Waals surface area contributed by atoms with E-state index < -0.39 is 9.84 Å². The molecule has 0 bridgehead atoms. The number of hydrogen-bond donors (Lipinski definition) is 0. The molecule has 116 valence electrons. The summed E-state index contributed by atoms with van der Waals surface area (Å²) in [5.41, 5.74) is 2.61. The van der Waals surface area contributed by atoms with Gasteiger partial charge in [0, 0.05) is 13.1 Å². The van der Waals surface area contributed by atoms with Crippen LogP contribution in [0.4, 0.5) is 0 Å². The lowest BCUT2D eigenvalue weighted by atomic mass is 9.88. The van der Waals surface area contributed by atoms with Gasteiger partial charge in [0.25, 0.3) is 0 Å². The van der Waals surface area contributed by atoms with Gasteiger partial charge in [-0.05, 0) is 36.8 Å². The van der Waals surface area contributed by atoms with Gasteiger partial charge >= 0.3 is 0 Å². The van der Waals surface area contributed by atoms with Crippen molar-refractivity contribution in [2.24, 2.45) is 0 Å². The normalized spacial score (nSPS) is 18.1. The Hall–Kier alpha value is -1.36. The van der Waals surface area contributed by atoms with Crippen molar-refractivity contribution in [3.05, 3.63) is 35.4 Å². The van der Waals surface area contributed by atoms with Crippen LogP contribution >= 0.6 is 0 Å².